The summed E-state index contributed by atoms with van der Waals surface area (Å²) in [6.07, 6.45) is 68.9. The number of carbonyl (C=O) groups is 3. The van der Waals surface area contributed by atoms with E-state index in [1.807, 2.05) is 21.1 Å². The van der Waals surface area contributed by atoms with Crippen LogP contribution in [0, 0.1) is 0 Å². The molecule has 2 atom stereocenters. The first kappa shape index (κ1) is 75.0. The number of carbonyl (C=O) groups excluding carboxylic acids is 2. The van der Waals surface area contributed by atoms with Crippen LogP contribution in [0.3, 0.4) is 0 Å². The van der Waals surface area contributed by atoms with E-state index in [0.717, 1.165) is 38.5 Å². The molecule has 0 aliphatic rings. The fraction of sp³-hybridized carbons (Fsp3) is 0.926. The number of nitrogens with zero attached hydrogens (tertiary/aromatic N) is 1. The first-order valence-electron chi connectivity index (χ1n) is 33.9. The lowest BCUT2D eigenvalue weighted by Gasteiger charge is -2.25. The van der Waals surface area contributed by atoms with Gasteiger partial charge in [-0.15, -0.1) is 0 Å². The molecule has 0 aliphatic carbocycles. The molecule has 0 saturated heterocycles. The zero-order chi connectivity index (χ0) is 56.2. The van der Waals surface area contributed by atoms with E-state index in [0.29, 0.717) is 17.4 Å². The van der Waals surface area contributed by atoms with Gasteiger partial charge in [-0.1, -0.05) is 309 Å². The van der Waals surface area contributed by atoms with E-state index in [4.69, 9.17) is 18.9 Å². The molecule has 0 radical (unpaired) electrons. The number of unbranched alkanes of at least 4 members (excludes halogenated alkanes) is 47. The second-order valence-electron chi connectivity index (χ2n) is 24.5. The van der Waals surface area contributed by atoms with Crippen molar-refractivity contribution >= 4 is 17.9 Å². The predicted molar refractivity (Wildman–Crippen MR) is 328 cm³/mol. The van der Waals surface area contributed by atoms with E-state index in [-0.39, 0.29) is 38.2 Å². The number of hydrogen-bond donors (Lipinski definition) is 1. The Hall–Kier alpha value is -1.97. The molecule has 0 fully saturated rings. The number of rotatable bonds is 64. The maximum atomic E-state index is 12.9. The normalized spacial score (nSPS) is 12.7. The lowest BCUT2D eigenvalue weighted by atomic mass is 10.0. The van der Waals surface area contributed by atoms with Gasteiger partial charge >= 0.3 is 17.9 Å². The topological polar surface area (TPSA) is 108 Å². The summed E-state index contributed by atoms with van der Waals surface area (Å²) in [6.45, 7) is 4.95. The first-order chi connectivity index (χ1) is 37.6. The van der Waals surface area contributed by atoms with Gasteiger partial charge in [-0.25, -0.2) is 4.79 Å². The number of allylic oxidation sites excluding steroid dienone is 2. The molecule has 2 unspecified atom stereocenters. The standard InChI is InChI=1S/C68H131NO8/c1-6-8-10-12-14-16-18-20-22-24-26-28-30-31-32-33-34-35-37-38-40-42-44-46-48-50-52-54-56-58-65(70)75-62-64(63-76-68(67(72)73)74-61-60-69(3,4)5)77-66(71)59-57-55-53-51-49-47-45-43-41-39-36-29-27-25-23-21-19-17-15-13-11-9-7-2/h25,27,64,68H,6-24,26,28-63H2,1-5H3/p+1/b27-25-. The van der Waals surface area contributed by atoms with E-state index in [9.17, 15) is 19.5 Å². The summed E-state index contributed by atoms with van der Waals surface area (Å²) in [6, 6.07) is 0. The van der Waals surface area contributed by atoms with Crippen LogP contribution in [0.2, 0.25) is 0 Å². The van der Waals surface area contributed by atoms with Gasteiger partial charge in [0.05, 0.1) is 34.4 Å². The highest BCUT2D eigenvalue weighted by Crippen LogP contribution is 2.19. The average molecular weight is 1090 g/mol. The molecule has 1 N–H and O–H groups in total. The largest absolute Gasteiger partial charge is 0.477 e. The summed E-state index contributed by atoms with van der Waals surface area (Å²) in [5.41, 5.74) is 0. The second kappa shape index (κ2) is 60.1. The highest BCUT2D eigenvalue weighted by molar-refractivity contribution is 5.71. The maximum Gasteiger partial charge on any atom is 0.361 e. The van der Waals surface area contributed by atoms with Gasteiger partial charge in [-0.05, 0) is 38.5 Å². The Balaban J connectivity index is 4.07. The van der Waals surface area contributed by atoms with E-state index >= 15 is 0 Å². The number of ether oxygens (including phenoxy) is 4. The Bertz CT molecular complexity index is 1270. The van der Waals surface area contributed by atoms with Gasteiger partial charge in [0.15, 0.2) is 6.10 Å². The van der Waals surface area contributed by atoms with Crippen molar-refractivity contribution in [3.05, 3.63) is 12.2 Å². The van der Waals surface area contributed by atoms with Crippen molar-refractivity contribution in [2.75, 3.05) is 47.5 Å². The molecule has 0 amide bonds. The SMILES string of the molecule is CCCCCCCCCC/C=C\CCCCCCCCCCCCCC(=O)OC(COC(=O)CCCCCCCCCCCCCCCCCCCCCCCCCCCCCCC)COC(OCC[N+](C)(C)C)C(=O)O. The van der Waals surface area contributed by atoms with Crippen molar-refractivity contribution in [1.29, 1.82) is 0 Å². The van der Waals surface area contributed by atoms with Gasteiger partial charge in [0.2, 0.25) is 0 Å². The fourth-order valence-corrected chi connectivity index (χ4v) is 10.3. The van der Waals surface area contributed by atoms with Crippen LogP contribution in [-0.4, -0.2) is 87.4 Å². The smallest absolute Gasteiger partial charge is 0.361 e. The molecule has 77 heavy (non-hydrogen) atoms. The van der Waals surface area contributed by atoms with Crippen LogP contribution in [0.4, 0.5) is 0 Å². The third kappa shape index (κ3) is 61.5. The Morgan fingerprint density at radius 1 is 0.377 bits per heavy atom. The minimum Gasteiger partial charge on any atom is -0.477 e. The Kier molecular flexibility index (Phi) is 58.6. The Morgan fingerprint density at radius 2 is 0.662 bits per heavy atom. The van der Waals surface area contributed by atoms with Crippen LogP contribution in [0.1, 0.15) is 348 Å². The Morgan fingerprint density at radius 3 is 0.961 bits per heavy atom. The lowest BCUT2D eigenvalue weighted by molar-refractivity contribution is -0.870. The molecule has 0 aromatic heterocycles. The molecule has 0 bridgehead atoms. The van der Waals surface area contributed by atoms with Crippen molar-refractivity contribution < 1.29 is 42.9 Å². The molecular weight excluding hydrogens is 959 g/mol. The van der Waals surface area contributed by atoms with Gasteiger partial charge in [0, 0.05) is 12.8 Å². The Labute approximate surface area is 478 Å². The summed E-state index contributed by atoms with van der Waals surface area (Å²) in [4.78, 5) is 37.6. The van der Waals surface area contributed by atoms with Crippen molar-refractivity contribution in [2.24, 2.45) is 0 Å². The number of carboxylic acid groups (broad SMARTS) is 1. The van der Waals surface area contributed by atoms with Crippen LogP contribution in [0.15, 0.2) is 12.2 Å². The number of esters is 2. The molecular formula is C68H132NO8+. The summed E-state index contributed by atoms with van der Waals surface area (Å²) in [5.74, 6) is -1.98. The van der Waals surface area contributed by atoms with E-state index in [2.05, 4.69) is 26.0 Å². The number of quaternary nitrogens is 1. The van der Waals surface area contributed by atoms with Gasteiger partial charge < -0.3 is 28.5 Å². The third-order valence-corrected chi connectivity index (χ3v) is 15.5. The molecule has 0 aliphatic heterocycles. The zero-order valence-electron chi connectivity index (χ0n) is 52.2. The molecule has 0 spiro atoms. The van der Waals surface area contributed by atoms with Gasteiger partial charge in [0.1, 0.15) is 13.2 Å². The quantitative estimate of drug-likeness (QED) is 0.0211. The summed E-state index contributed by atoms with van der Waals surface area (Å²) in [7, 11) is 5.99. The third-order valence-electron chi connectivity index (χ3n) is 15.5. The molecule has 456 valence electrons. The highest BCUT2D eigenvalue weighted by atomic mass is 16.7. The molecule has 0 aromatic carbocycles. The van der Waals surface area contributed by atoms with Crippen LogP contribution in [0.5, 0.6) is 0 Å². The first-order valence-corrected chi connectivity index (χ1v) is 33.9. The van der Waals surface area contributed by atoms with Crippen molar-refractivity contribution in [3.8, 4) is 0 Å². The van der Waals surface area contributed by atoms with Crippen LogP contribution < -0.4 is 0 Å². The van der Waals surface area contributed by atoms with Crippen molar-refractivity contribution in [2.45, 2.75) is 360 Å². The number of likely N-dealkylation sites (N-methyl/N-ethyl adjacent to an activating group) is 1. The van der Waals surface area contributed by atoms with Crippen molar-refractivity contribution in [3.63, 3.8) is 0 Å². The summed E-state index contributed by atoms with van der Waals surface area (Å²) >= 11 is 0. The molecule has 0 rings (SSSR count). The monoisotopic (exact) mass is 1090 g/mol. The van der Waals surface area contributed by atoms with E-state index in [1.165, 1.54) is 283 Å². The van der Waals surface area contributed by atoms with Gasteiger partial charge in [-0.3, -0.25) is 9.59 Å². The molecule has 0 heterocycles. The summed E-state index contributed by atoms with van der Waals surface area (Å²) in [5, 5.41) is 9.73. The lowest BCUT2D eigenvalue weighted by Crippen LogP contribution is -2.40. The van der Waals surface area contributed by atoms with Crippen LogP contribution in [0.25, 0.3) is 0 Å². The molecule has 0 saturated carbocycles. The van der Waals surface area contributed by atoms with Crippen molar-refractivity contribution in [1.82, 2.24) is 0 Å². The molecule has 9 heteroatoms. The predicted octanol–water partition coefficient (Wildman–Crippen LogP) is 20.5. The molecule has 0 aromatic rings. The fourth-order valence-electron chi connectivity index (χ4n) is 10.3. The van der Waals surface area contributed by atoms with E-state index in [1.54, 1.807) is 0 Å². The maximum absolute atomic E-state index is 12.9. The number of carboxylic acids is 1. The van der Waals surface area contributed by atoms with Crippen LogP contribution >= 0.6 is 0 Å². The van der Waals surface area contributed by atoms with Gasteiger partial charge in [-0.2, -0.15) is 0 Å². The minimum atomic E-state index is -1.51. The number of aliphatic carboxylic acids is 1. The average Bonchev–Trinajstić information content (AvgIpc) is 3.40. The number of hydrogen-bond acceptors (Lipinski definition) is 7. The van der Waals surface area contributed by atoms with Crippen LogP contribution in [-0.2, 0) is 33.3 Å². The molecule has 9 nitrogen and oxygen atoms in total. The highest BCUT2D eigenvalue weighted by Gasteiger charge is 2.25. The second-order valence-corrected chi connectivity index (χ2v) is 24.5. The minimum absolute atomic E-state index is 0.175. The van der Waals surface area contributed by atoms with E-state index < -0.39 is 18.4 Å². The zero-order valence-corrected chi connectivity index (χ0v) is 52.2. The summed E-state index contributed by atoms with van der Waals surface area (Å²) < 4.78 is 23.0. The van der Waals surface area contributed by atoms with Gasteiger partial charge in [0.25, 0.3) is 6.29 Å².